The van der Waals surface area contributed by atoms with Gasteiger partial charge in [0.15, 0.2) is 0 Å². The SMILES string of the molecule is NC(=O)CN(CC(N)=O)C(=O)CCCCl. The summed E-state index contributed by atoms with van der Waals surface area (Å²) in [6, 6.07) is 0. The highest BCUT2D eigenvalue weighted by molar-refractivity contribution is 6.17. The fourth-order valence-corrected chi connectivity index (χ4v) is 1.12. The second-order valence-electron chi connectivity index (χ2n) is 2.97. The Morgan fingerprint density at radius 2 is 1.53 bits per heavy atom. The Labute approximate surface area is 92.5 Å². The van der Waals surface area contributed by atoms with E-state index in [9.17, 15) is 14.4 Å². The zero-order valence-electron chi connectivity index (χ0n) is 8.24. The molecule has 0 rings (SSSR count). The molecule has 0 aliphatic carbocycles. The van der Waals surface area contributed by atoms with Crippen LogP contribution in [0.3, 0.4) is 0 Å². The van der Waals surface area contributed by atoms with E-state index in [4.69, 9.17) is 23.1 Å². The van der Waals surface area contributed by atoms with Crippen molar-refractivity contribution in [1.82, 2.24) is 4.90 Å². The van der Waals surface area contributed by atoms with Crippen LogP contribution in [0.2, 0.25) is 0 Å². The number of primary amides is 2. The molecule has 0 aliphatic heterocycles. The maximum atomic E-state index is 11.4. The Morgan fingerprint density at radius 1 is 1.07 bits per heavy atom. The molecule has 15 heavy (non-hydrogen) atoms. The molecule has 7 heteroatoms. The van der Waals surface area contributed by atoms with Gasteiger partial charge in [-0.2, -0.15) is 0 Å². The number of nitrogens with zero attached hydrogens (tertiary/aromatic N) is 1. The average Bonchev–Trinajstić information content (AvgIpc) is 2.11. The van der Waals surface area contributed by atoms with E-state index < -0.39 is 11.8 Å². The van der Waals surface area contributed by atoms with Crippen LogP contribution in [0.25, 0.3) is 0 Å². The Hall–Kier alpha value is -1.30. The van der Waals surface area contributed by atoms with Gasteiger partial charge in [-0.15, -0.1) is 11.6 Å². The number of alkyl halides is 1. The molecule has 0 aromatic rings. The maximum Gasteiger partial charge on any atom is 0.237 e. The van der Waals surface area contributed by atoms with E-state index >= 15 is 0 Å². The van der Waals surface area contributed by atoms with Gasteiger partial charge in [0.05, 0.1) is 13.1 Å². The summed E-state index contributed by atoms with van der Waals surface area (Å²) in [4.78, 5) is 33.7. The van der Waals surface area contributed by atoms with Crippen LogP contribution >= 0.6 is 11.6 Å². The van der Waals surface area contributed by atoms with Gasteiger partial charge in [0.1, 0.15) is 0 Å². The Bertz CT molecular complexity index is 242. The summed E-state index contributed by atoms with van der Waals surface area (Å²) in [5.74, 6) is -1.38. The van der Waals surface area contributed by atoms with E-state index in [0.717, 1.165) is 4.90 Å². The first-order chi connectivity index (χ1) is 6.97. The zero-order valence-corrected chi connectivity index (χ0v) is 9.00. The number of carbonyl (C=O) groups is 3. The predicted molar refractivity (Wildman–Crippen MR) is 54.9 cm³/mol. The van der Waals surface area contributed by atoms with Crippen LogP contribution in [0.1, 0.15) is 12.8 Å². The molecule has 0 saturated heterocycles. The molecule has 0 atom stereocenters. The lowest BCUT2D eigenvalue weighted by atomic mass is 10.3. The summed E-state index contributed by atoms with van der Waals surface area (Å²) < 4.78 is 0. The molecule has 0 bridgehead atoms. The van der Waals surface area contributed by atoms with E-state index in [2.05, 4.69) is 0 Å². The van der Waals surface area contributed by atoms with Crippen molar-refractivity contribution in [3.05, 3.63) is 0 Å². The van der Waals surface area contributed by atoms with Crippen molar-refractivity contribution in [3.63, 3.8) is 0 Å². The summed E-state index contributed by atoms with van der Waals surface area (Å²) in [5, 5.41) is 0. The van der Waals surface area contributed by atoms with Gasteiger partial charge in [-0.3, -0.25) is 14.4 Å². The third-order valence-electron chi connectivity index (χ3n) is 1.57. The highest BCUT2D eigenvalue weighted by Crippen LogP contribution is 1.99. The van der Waals surface area contributed by atoms with Crippen LogP contribution in [-0.2, 0) is 14.4 Å². The molecule has 6 nitrogen and oxygen atoms in total. The fourth-order valence-electron chi connectivity index (χ4n) is 0.985. The third kappa shape index (κ3) is 6.73. The van der Waals surface area contributed by atoms with Gasteiger partial charge in [0, 0.05) is 12.3 Å². The Kier molecular flexibility index (Phi) is 6.44. The second-order valence-corrected chi connectivity index (χ2v) is 3.35. The van der Waals surface area contributed by atoms with Gasteiger partial charge >= 0.3 is 0 Å². The van der Waals surface area contributed by atoms with Crippen LogP contribution < -0.4 is 11.5 Å². The normalized spacial score (nSPS) is 9.67. The van der Waals surface area contributed by atoms with E-state index in [1.54, 1.807) is 0 Å². The molecule has 0 radical (unpaired) electrons. The quantitative estimate of drug-likeness (QED) is 0.542. The molecule has 0 spiro atoms. The average molecular weight is 236 g/mol. The largest absolute Gasteiger partial charge is 0.368 e. The second kappa shape index (κ2) is 7.05. The molecule has 86 valence electrons. The standard InChI is InChI=1S/C8H14ClN3O3/c9-3-1-2-8(15)12(4-6(10)13)5-7(11)14/h1-5H2,(H2,10,13)(H2,11,14). The van der Waals surface area contributed by atoms with E-state index in [1.807, 2.05) is 0 Å². The number of halogens is 1. The van der Waals surface area contributed by atoms with Crippen molar-refractivity contribution in [1.29, 1.82) is 0 Å². The first-order valence-electron chi connectivity index (χ1n) is 4.37. The molecule has 3 amide bonds. The third-order valence-corrected chi connectivity index (χ3v) is 1.84. The number of nitrogens with two attached hydrogens (primary N) is 2. The van der Waals surface area contributed by atoms with Crippen molar-refractivity contribution in [3.8, 4) is 0 Å². The molecular formula is C8H14ClN3O3. The van der Waals surface area contributed by atoms with E-state index in [1.165, 1.54) is 0 Å². The van der Waals surface area contributed by atoms with Gasteiger partial charge < -0.3 is 16.4 Å². The summed E-state index contributed by atoms with van der Waals surface area (Å²) in [6.45, 7) is -0.603. The number of hydrogen-bond donors (Lipinski definition) is 2. The molecule has 0 saturated carbocycles. The number of rotatable bonds is 7. The van der Waals surface area contributed by atoms with Crippen molar-refractivity contribution in [2.45, 2.75) is 12.8 Å². The van der Waals surface area contributed by atoms with E-state index in [-0.39, 0.29) is 25.4 Å². The van der Waals surface area contributed by atoms with Crippen molar-refractivity contribution in [2.75, 3.05) is 19.0 Å². The lowest BCUT2D eigenvalue weighted by Crippen LogP contribution is -2.43. The smallest absolute Gasteiger partial charge is 0.237 e. The van der Waals surface area contributed by atoms with Crippen molar-refractivity contribution >= 4 is 29.3 Å². The molecule has 0 aromatic heterocycles. The molecule has 0 heterocycles. The number of amides is 3. The van der Waals surface area contributed by atoms with Crippen LogP contribution in [-0.4, -0.2) is 41.6 Å². The fraction of sp³-hybridized carbons (Fsp3) is 0.625. The van der Waals surface area contributed by atoms with Crippen molar-refractivity contribution < 1.29 is 14.4 Å². The molecule has 4 N–H and O–H groups in total. The van der Waals surface area contributed by atoms with Crippen LogP contribution in [0.15, 0.2) is 0 Å². The minimum absolute atomic E-state index is 0.171. The molecule has 0 aliphatic rings. The monoisotopic (exact) mass is 235 g/mol. The molecule has 0 aromatic carbocycles. The maximum absolute atomic E-state index is 11.4. The Morgan fingerprint density at radius 3 is 1.87 bits per heavy atom. The van der Waals surface area contributed by atoms with Gasteiger partial charge in [-0.25, -0.2) is 0 Å². The first kappa shape index (κ1) is 13.7. The van der Waals surface area contributed by atoms with Crippen LogP contribution in [0, 0.1) is 0 Å². The predicted octanol–water partition coefficient (Wildman–Crippen LogP) is -1.20. The zero-order chi connectivity index (χ0) is 11.8. The summed E-state index contributed by atoms with van der Waals surface area (Å²) in [5.41, 5.74) is 9.85. The molecular weight excluding hydrogens is 222 g/mol. The lowest BCUT2D eigenvalue weighted by molar-refractivity contribution is -0.138. The minimum atomic E-state index is -0.685. The van der Waals surface area contributed by atoms with Gasteiger partial charge in [-0.1, -0.05) is 0 Å². The van der Waals surface area contributed by atoms with Crippen LogP contribution in [0.4, 0.5) is 0 Å². The van der Waals surface area contributed by atoms with Gasteiger partial charge in [0.2, 0.25) is 17.7 Å². The highest BCUT2D eigenvalue weighted by atomic mass is 35.5. The summed E-state index contributed by atoms with van der Waals surface area (Å²) in [6.07, 6.45) is 0.651. The highest BCUT2D eigenvalue weighted by Gasteiger charge is 2.16. The molecule has 0 fully saturated rings. The number of hydrogen-bond acceptors (Lipinski definition) is 3. The van der Waals surface area contributed by atoms with E-state index in [0.29, 0.717) is 12.3 Å². The Balaban J connectivity index is 4.26. The summed E-state index contributed by atoms with van der Waals surface area (Å²) >= 11 is 5.41. The van der Waals surface area contributed by atoms with Gasteiger partial charge in [-0.05, 0) is 6.42 Å². The van der Waals surface area contributed by atoms with Crippen LogP contribution in [0.5, 0.6) is 0 Å². The summed E-state index contributed by atoms with van der Waals surface area (Å²) in [7, 11) is 0. The number of carbonyl (C=O) groups excluding carboxylic acids is 3. The van der Waals surface area contributed by atoms with Crippen molar-refractivity contribution in [2.24, 2.45) is 11.5 Å². The first-order valence-corrected chi connectivity index (χ1v) is 4.91. The molecule has 0 unspecified atom stereocenters. The minimum Gasteiger partial charge on any atom is -0.368 e. The lowest BCUT2D eigenvalue weighted by Gasteiger charge is -2.18. The topological polar surface area (TPSA) is 106 Å². The van der Waals surface area contributed by atoms with Gasteiger partial charge in [0.25, 0.3) is 0 Å².